The van der Waals surface area contributed by atoms with E-state index in [9.17, 15) is 18.0 Å². The van der Waals surface area contributed by atoms with Gasteiger partial charge in [-0.25, -0.2) is 9.67 Å². The molecule has 0 fully saturated rings. The number of benzene rings is 2. The number of ether oxygens (including phenoxy) is 1. The molecular weight excluding hydrogens is 411 g/mol. The minimum absolute atomic E-state index is 0.117. The van der Waals surface area contributed by atoms with Crippen molar-refractivity contribution in [3.8, 4) is 22.8 Å². The van der Waals surface area contributed by atoms with Gasteiger partial charge in [0.1, 0.15) is 11.6 Å². The molecule has 31 heavy (non-hydrogen) atoms. The maximum absolute atomic E-state index is 14.2. The number of carbonyl (C=O) groups excluding carboxylic acids is 1. The number of nitrogens with one attached hydrogen (secondary N) is 1. The standard InChI is InChI=1S/C21H16F3N5O2/c1-31-13-7-5-12(6-8-13)29-18(21(22,23)24)15(11-26-29)19-27-16-4-2-3-14-17(16)28(19)10-9-25-20(14)30/h2-8,11H,9-10H2,1H3,(H,25,30). The minimum Gasteiger partial charge on any atom is -0.497 e. The zero-order chi connectivity index (χ0) is 21.8. The van der Waals surface area contributed by atoms with E-state index in [0.717, 1.165) is 10.9 Å². The second kappa shape index (κ2) is 6.86. The van der Waals surface area contributed by atoms with Gasteiger partial charge in [-0.15, -0.1) is 0 Å². The van der Waals surface area contributed by atoms with Gasteiger partial charge >= 0.3 is 6.18 Å². The minimum atomic E-state index is -4.69. The number of halogens is 3. The van der Waals surface area contributed by atoms with Gasteiger partial charge in [0.2, 0.25) is 0 Å². The lowest BCUT2D eigenvalue weighted by Gasteiger charge is -2.14. The molecule has 1 amide bonds. The van der Waals surface area contributed by atoms with Crippen LogP contribution >= 0.6 is 0 Å². The number of hydrogen-bond donors (Lipinski definition) is 1. The highest BCUT2D eigenvalue weighted by Crippen LogP contribution is 2.39. The van der Waals surface area contributed by atoms with Crippen LogP contribution in [0.15, 0.2) is 48.7 Å². The molecule has 1 aliphatic heterocycles. The molecule has 5 rings (SSSR count). The predicted molar refractivity (Wildman–Crippen MR) is 106 cm³/mol. The Labute approximate surface area is 174 Å². The predicted octanol–water partition coefficient (Wildman–Crippen LogP) is 3.66. The number of amides is 1. The summed E-state index contributed by atoms with van der Waals surface area (Å²) in [6.45, 7) is 0.569. The van der Waals surface area contributed by atoms with Crippen LogP contribution in [0.3, 0.4) is 0 Å². The molecule has 0 spiro atoms. The first-order valence-corrected chi connectivity index (χ1v) is 9.46. The Morgan fingerprint density at radius 3 is 2.58 bits per heavy atom. The van der Waals surface area contributed by atoms with Gasteiger partial charge in [0.05, 0.1) is 41.2 Å². The molecule has 0 atom stereocenters. The molecule has 1 aliphatic rings. The molecule has 0 bridgehead atoms. The molecule has 0 radical (unpaired) electrons. The van der Waals surface area contributed by atoms with E-state index in [4.69, 9.17) is 4.74 Å². The fraction of sp³-hybridized carbons (Fsp3) is 0.190. The van der Waals surface area contributed by atoms with E-state index in [2.05, 4.69) is 15.4 Å². The van der Waals surface area contributed by atoms with Crippen LogP contribution in [-0.4, -0.2) is 38.9 Å². The molecule has 2 aromatic heterocycles. The fourth-order valence-electron chi connectivity index (χ4n) is 3.87. The molecule has 0 saturated carbocycles. The van der Waals surface area contributed by atoms with Crippen LogP contribution in [0.2, 0.25) is 0 Å². The summed E-state index contributed by atoms with van der Waals surface area (Å²) in [5.74, 6) is 0.362. The largest absolute Gasteiger partial charge is 0.497 e. The lowest BCUT2D eigenvalue weighted by molar-refractivity contribution is -0.142. The van der Waals surface area contributed by atoms with Crippen molar-refractivity contribution in [1.82, 2.24) is 24.6 Å². The Hall–Kier alpha value is -3.82. The maximum Gasteiger partial charge on any atom is 0.434 e. The van der Waals surface area contributed by atoms with E-state index >= 15 is 0 Å². The van der Waals surface area contributed by atoms with Crippen LogP contribution in [0.5, 0.6) is 5.75 Å². The molecule has 0 aliphatic carbocycles. The summed E-state index contributed by atoms with van der Waals surface area (Å²) in [7, 11) is 1.48. The number of rotatable bonds is 3. The lowest BCUT2D eigenvalue weighted by Crippen LogP contribution is -2.24. The number of para-hydroxylation sites is 1. The van der Waals surface area contributed by atoms with Gasteiger partial charge in [0, 0.05) is 13.1 Å². The first kappa shape index (κ1) is 19.2. The molecule has 3 heterocycles. The SMILES string of the molecule is COc1ccc(-n2ncc(-c3nc4cccc5c4n3CCNC5=O)c2C(F)(F)F)cc1. The Morgan fingerprint density at radius 1 is 1.10 bits per heavy atom. The quantitative estimate of drug-likeness (QED) is 0.542. The van der Waals surface area contributed by atoms with Crippen molar-refractivity contribution in [1.29, 1.82) is 0 Å². The molecule has 158 valence electrons. The molecule has 2 aromatic carbocycles. The summed E-state index contributed by atoms with van der Waals surface area (Å²) in [4.78, 5) is 16.8. The zero-order valence-electron chi connectivity index (χ0n) is 16.3. The monoisotopic (exact) mass is 427 g/mol. The number of imidazole rings is 1. The van der Waals surface area contributed by atoms with Crippen molar-refractivity contribution < 1.29 is 22.7 Å². The van der Waals surface area contributed by atoms with Crippen LogP contribution in [0.1, 0.15) is 16.1 Å². The van der Waals surface area contributed by atoms with Gasteiger partial charge in [-0.1, -0.05) is 6.07 Å². The fourth-order valence-corrected chi connectivity index (χ4v) is 3.87. The average molecular weight is 427 g/mol. The van der Waals surface area contributed by atoms with Gasteiger partial charge < -0.3 is 14.6 Å². The summed E-state index contributed by atoms with van der Waals surface area (Å²) in [6, 6.07) is 11.1. The molecule has 0 unspecified atom stereocenters. The normalized spacial score (nSPS) is 13.9. The number of carbonyl (C=O) groups is 1. The van der Waals surface area contributed by atoms with Crippen LogP contribution in [-0.2, 0) is 12.7 Å². The van der Waals surface area contributed by atoms with Crippen molar-refractivity contribution in [3.05, 3.63) is 59.9 Å². The highest BCUT2D eigenvalue weighted by atomic mass is 19.4. The van der Waals surface area contributed by atoms with Gasteiger partial charge in [-0.05, 0) is 36.4 Å². The second-order valence-electron chi connectivity index (χ2n) is 7.03. The van der Waals surface area contributed by atoms with Crippen LogP contribution < -0.4 is 10.1 Å². The first-order valence-electron chi connectivity index (χ1n) is 9.46. The molecule has 7 nitrogen and oxygen atoms in total. The summed E-state index contributed by atoms with van der Waals surface area (Å²) >= 11 is 0. The van der Waals surface area contributed by atoms with Crippen LogP contribution in [0.25, 0.3) is 28.1 Å². The number of aromatic nitrogens is 4. The number of nitrogens with zero attached hydrogens (tertiary/aromatic N) is 4. The van der Waals surface area contributed by atoms with E-state index in [1.54, 1.807) is 34.9 Å². The smallest absolute Gasteiger partial charge is 0.434 e. The van der Waals surface area contributed by atoms with Gasteiger partial charge in [0.25, 0.3) is 5.91 Å². The van der Waals surface area contributed by atoms with E-state index in [0.29, 0.717) is 28.9 Å². The molecule has 1 N–H and O–H groups in total. The molecule has 4 aromatic rings. The van der Waals surface area contributed by atoms with Crippen molar-refractivity contribution >= 4 is 16.9 Å². The van der Waals surface area contributed by atoms with Crippen LogP contribution in [0.4, 0.5) is 13.2 Å². The summed E-state index contributed by atoms with van der Waals surface area (Å²) in [5.41, 5.74) is 0.496. The van der Waals surface area contributed by atoms with Gasteiger partial charge in [-0.3, -0.25) is 4.79 Å². The average Bonchev–Trinajstić information content (AvgIpc) is 3.31. The first-order chi connectivity index (χ1) is 14.9. The molecule has 0 saturated heterocycles. The van der Waals surface area contributed by atoms with E-state index in [1.807, 2.05) is 0 Å². The third kappa shape index (κ3) is 3.02. The van der Waals surface area contributed by atoms with Gasteiger partial charge in [0.15, 0.2) is 5.69 Å². The number of alkyl halides is 3. The topological polar surface area (TPSA) is 74.0 Å². The second-order valence-corrected chi connectivity index (χ2v) is 7.03. The Morgan fingerprint density at radius 2 is 1.87 bits per heavy atom. The number of methoxy groups -OCH3 is 1. The number of hydrogen-bond acceptors (Lipinski definition) is 4. The Balaban J connectivity index is 1.75. The third-order valence-corrected chi connectivity index (χ3v) is 5.23. The lowest BCUT2D eigenvalue weighted by atomic mass is 10.1. The van der Waals surface area contributed by atoms with Crippen molar-refractivity contribution in [3.63, 3.8) is 0 Å². The highest BCUT2D eigenvalue weighted by Gasteiger charge is 2.40. The Kier molecular flexibility index (Phi) is 4.24. The zero-order valence-corrected chi connectivity index (χ0v) is 16.3. The maximum atomic E-state index is 14.2. The summed E-state index contributed by atoms with van der Waals surface area (Å²) in [5, 5.41) is 6.79. The highest BCUT2D eigenvalue weighted by molar-refractivity contribution is 6.06. The van der Waals surface area contributed by atoms with Crippen molar-refractivity contribution in [2.75, 3.05) is 13.7 Å². The summed E-state index contributed by atoms with van der Waals surface area (Å²) < 4.78 is 50.2. The van der Waals surface area contributed by atoms with Crippen LogP contribution in [0, 0.1) is 0 Å². The Bertz CT molecular complexity index is 1310. The third-order valence-electron chi connectivity index (χ3n) is 5.23. The van der Waals surface area contributed by atoms with Crippen molar-refractivity contribution in [2.45, 2.75) is 12.7 Å². The van der Waals surface area contributed by atoms with E-state index in [1.165, 1.54) is 19.2 Å². The van der Waals surface area contributed by atoms with Crippen molar-refractivity contribution in [2.24, 2.45) is 0 Å². The van der Waals surface area contributed by atoms with Gasteiger partial charge in [-0.2, -0.15) is 18.3 Å². The van der Waals surface area contributed by atoms with E-state index < -0.39 is 11.9 Å². The van der Waals surface area contributed by atoms with E-state index in [-0.39, 0.29) is 29.5 Å². The molecule has 10 heteroatoms. The summed E-state index contributed by atoms with van der Waals surface area (Å²) in [6.07, 6.45) is -3.52. The molecular formula is C21H16F3N5O2.